The third-order valence-corrected chi connectivity index (χ3v) is 5.05. The van der Waals surface area contributed by atoms with E-state index < -0.39 is 0 Å². The van der Waals surface area contributed by atoms with Gasteiger partial charge in [0.05, 0.1) is 19.7 Å². The summed E-state index contributed by atoms with van der Waals surface area (Å²) < 4.78 is 11.0. The summed E-state index contributed by atoms with van der Waals surface area (Å²) in [5, 5.41) is 4.45. The highest BCUT2D eigenvalue weighted by Gasteiger charge is 2.19. The number of nitrogens with one attached hydrogen (secondary N) is 1. The van der Waals surface area contributed by atoms with Crippen molar-refractivity contribution in [1.29, 1.82) is 0 Å². The molecule has 0 bridgehead atoms. The molecule has 2 aromatic rings. The summed E-state index contributed by atoms with van der Waals surface area (Å²) in [6, 6.07) is 3.89. The number of aromatic nitrogens is 2. The lowest BCUT2D eigenvalue weighted by Crippen LogP contribution is -2.45. The molecular weight excluding hydrogens is 356 g/mol. The highest BCUT2D eigenvalue weighted by atomic mass is 16.5. The van der Waals surface area contributed by atoms with Crippen LogP contribution in [0.5, 0.6) is 11.5 Å². The van der Waals surface area contributed by atoms with Crippen LogP contribution in [0.2, 0.25) is 0 Å². The van der Waals surface area contributed by atoms with Gasteiger partial charge in [-0.3, -0.25) is 0 Å². The molecule has 8 heteroatoms. The second-order valence-corrected chi connectivity index (χ2v) is 7.47. The largest absolute Gasteiger partial charge is 0.493 e. The average Bonchev–Trinajstić information content (AvgIpc) is 2.70. The predicted molar refractivity (Wildman–Crippen MR) is 114 cm³/mol. The number of hydrogen-bond donors (Lipinski definition) is 1. The maximum atomic E-state index is 5.48. The Morgan fingerprint density at radius 1 is 1.04 bits per heavy atom. The molecule has 1 aliphatic heterocycles. The van der Waals surface area contributed by atoms with Gasteiger partial charge >= 0.3 is 0 Å². The van der Waals surface area contributed by atoms with Crippen LogP contribution in [-0.4, -0.2) is 94.4 Å². The molecule has 28 heavy (non-hydrogen) atoms. The van der Waals surface area contributed by atoms with Crippen LogP contribution < -0.4 is 19.7 Å². The Labute approximate surface area is 167 Å². The molecule has 1 aromatic heterocycles. The van der Waals surface area contributed by atoms with E-state index in [0.29, 0.717) is 11.5 Å². The van der Waals surface area contributed by atoms with E-state index in [1.807, 2.05) is 12.1 Å². The number of likely N-dealkylation sites (N-methyl/N-ethyl adjacent to an activating group) is 1. The van der Waals surface area contributed by atoms with Crippen LogP contribution in [0.4, 0.5) is 11.8 Å². The Hall–Kier alpha value is -2.32. The molecule has 0 amide bonds. The topological polar surface area (TPSA) is 66.0 Å². The molecule has 2 heterocycles. The van der Waals surface area contributed by atoms with Crippen LogP contribution in [0.3, 0.4) is 0 Å². The van der Waals surface area contributed by atoms with Crippen molar-refractivity contribution in [3.63, 3.8) is 0 Å². The zero-order valence-electron chi connectivity index (χ0n) is 17.7. The highest BCUT2D eigenvalue weighted by Crippen LogP contribution is 2.35. The zero-order chi connectivity index (χ0) is 20.1. The summed E-state index contributed by atoms with van der Waals surface area (Å²) in [5.41, 5.74) is 0.858. The molecule has 1 fully saturated rings. The second kappa shape index (κ2) is 9.25. The van der Waals surface area contributed by atoms with Crippen LogP contribution in [0.1, 0.15) is 6.42 Å². The Kier molecular flexibility index (Phi) is 6.74. The maximum absolute atomic E-state index is 5.48. The fraction of sp³-hybridized carbons (Fsp3) is 0.600. The number of fused-ring (bicyclic) bond motifs is 1. The minimum absolute atomic E-state index is 0.677. The number of rotatable bonds is 8. The van der Waals surface area contributed by atoms with Crippen molar-refractivity contribution in [3.05, 3.63) is 12.1 Å². The van der Waals surface area contributed by atoms with E-state index in [0.717, 1.165) is 68.4 Å². The lowest BCUT2D eigenvalue weighted by Gasteiger charge is -2.32. The number of nitrogens with zero attached hydrogens (tertiary/aromatic N) is 5. The van der Waals surface area contributed by atoms with Crippen molar-refractivity contribution in [3.8, 4) is 11.5 Å². The summed E-state index contributed by atoms with van der Waals surface area (Å²) >= 11 is 0. The first kappa shape index (κ1) is 20.4. The lowest BCUT2D eigenvalue weighted by molar-refractivity contribution is 0.311. The van der Waals surface area contributed by atoms with Gasteiger partial charge in [-0.2, -0.15) is 4.98 Å². The number of methoxy groups -OCH3 is 2. The minimum Gasteiger partial charge on any atom is -0.493 e. The van der Waals surface area contributed by atoms with Gasteiger partial charge < -0.3 is 29.5 Å². The average molecular weight is 389 g/mol. The molecule has 154 valence electrons. The summed E-state index contributed by atoms with van der Waals surface area (Å²) in [6.07, 6.45) is 1.04. The Morgan fingerprint density at radius 3 is 2.36 bits per heavy atom. The number of anilines is 2. The minimum atomic E-state index is 0.677. The van der Waals surface area contributed by atoms with E-state index in [9.17, 15) is 0 Å². The molecule has 3 rings (SSSR count). The van der Waals surface area contributed by atoms with Crippen molar-refractivity contribution < 1.29 is 9.47 Å². The van der Waals surface area contributed by atoms with Gasteiger partial charge in [0.25, 0.3) is 0 Å². The van der Waals surface area contributed by atoms with Gasteiger partial charge in [0.2, 0.25) is 5.95 Å². The van der Waals surface area contributed by atoms with Crippen LogP contribution in [0.15, 0.2) is 12.1 Å². The smallest absolute Gasteiger partial charge is 0.227 e. The zero-order valence-corrected chi connectivity index (χ0v) is 17.7. The third-order valence-electron chi connectivity index (χ3n) is 5.05. The van der Waals surface area contributed by atoms with Gasteiger partial charge in [-0.15, -0.1) is 0 Å². The van der Waals surface area contributed by atoms with E-state index in [1.54, 1.807) is 14.2 Å². The fourth-order valence-corrected chi connectivity index (χ4v) is 3.33. The van der Waals surface area contributed by atoms with E-state index >= 15 is 0 Å². The molecule has 1 saturated heterocycles. The first-order valence-electron chi connectivity index (χ1n) is 9.77. The number of hydrogen-bond acceptors (Lipinski definition) is 8. The van der Waals surface area contributed by atoms with E-state index in [1.165, 1.54) is 0 Å². The van der Waals surface area contributed by atoms with E-state index in [2.05, 4.69) is 41.2 Å². The summed E-state index contributed by atoms with van der Waals surface area (Å²) in [7, 11) is 9.61. The van der Waals surface area contributed by atoms with Gasteiger partial charge in [0, 0.05) is 44.2 Å². The molecule has 0 unspecified atom stereocenters. The van der Waals surface area contributed by atoms with Crippen LogP contribution >= 0.6 is 0 Å². The normalized spacial score (nSPS) is 15.3. The maximum Gasteiger partial charge on any atom is 0.227 e. The van der Waals surface area contributed by atoms with Crippen molar-refractivity contribution in [2.75, 3.05) is 84.8 Å². The molecule has 0 atom stereocenters. The SMILES string of the molecule is COc1cc2nc(N3CCN(C)CC3)nc(NCCCN(C)C)c2cc1OC. The quantitative estimate of drug-likeness (QED) is 0.687. The predicted octanol–water partition coefficient (Wildman–Crippen LogP) is 1.76. The molecule has 0 spiro atoms. The first-order chi connectivity index (χ1) is 13.5. The molecule has 0 radical (unpaired) electrons. The summed E-state index contributed by atoms with van der Waals surface area (Å²) in [6.45, 7) is 5.75. The monoisotopic (exact) mass is 388 g/mol. The van der Waals surface area contributed by atoms with Crippen molar-refractivity contribution in [2.45, 2.75) is 6.42 Å². The number of piperazine rings is 1. The standard InChI is InChI=1S/C20H32N6O2/c1-24(2)8-6-7-21-19-15-13-17(27-4)18(28-5)14-16(15)22-20(23-19)26-11-9-25(3)10-12-26/h13-14H,6-12H2,1-5H3,(H,21,22,23). The second-order valence-electron chi connectivity index (χ2n) is 7.47. The highest BCUT2D eigenvalue weighted by molar-refractivity contribution is 5.92. The summed E-state index contributed by atoms with van der Waals surface area (Å²) in [4.78, 5) is 16.5. The molecule has 0 saturated carbocycles. The van der Waals surface area contributed by atoms with Crippen molar-refractivity contribution >= 4 is 22.7 Å². The van der Waals surface area contributed by atoms with Gasteiger partial charge in [0.15, 0.2) is 11.5 Å². The van der Waals surface area contributed by atoms with Crippen LogP contribution in [0, 0.1) is 0 Å². The van der Waals surface area contributed by atoms with Gasteiger partial charge in [-0.25, -0.2) is 4.98 Å². The fourth-order valence-electron chi connectivity index (χ4n) is 3.33. The van der Waals surface area contributed by atoms with E-state index in [-0.39, 0.29) is 0 Å². The Balaban J connectivity index is 1.95. The third kappa shape index (κ3) is 4.74. The first-order valence-corrected chi connectivity index (χ1v) is 9.77. The Morgan fingerprint density at radius 2 is 1.71 bits per heavy atom. The summed E-state index contributed by atoms with van der Waals surface area (Å²) in [5.74, 6) is 2.97. The number of ether oxygens (including phenoxy) is 2. The van der Waals surface area contributed by atoms with E-state index in [4.69, 9.17) is 19.4 Å². The molecular formula is C20H32N6O2. The molecule has 8 nitrogen and oxygen atoms in total. The van der Waals surface area contributed by atoms with Crippen molar-refractivity contribution in [2.24, 2.45) is 0 Å². The molecule has 1 aromatic carbocycles. The molecule has 1 N–H and O–H groups in total. The van der Waals surface area contributed by atoms with Crippen LogP contribution in [0.25, 0.3) is 10.9 Å². The van der Waals surface area contributed by atoms with Gasteiger partial charge in [-0.05, 0) is 40.2 Å². The lowest BCUT2D eigenvalue weighted by atomic mass is 10.2. The number of benzene rings is 1. The van der Waals surface area contributed by atoms with Crippen LogP contribution in [-0.2, 0) is 0 Å². The van der Waals surface area contributed by atoms with Gasteiger partial charge in [-0.1, -0.05) is 0 Å². The Bertz CT molecular complexity index is 790. The molecule has 1 aliphatic rings. The van der Waals surface area contributed by atoms with Gasteiger partial charge in [0.1, 0.15) is 5.82 Å². The molecule has 0 aliphatic carbocycles. The van der Waals surface area contributed by atoms with Crippen molar-refractivity contribution in [1.82, 2.24) is 19.8 Å².